The maximum absolute atomic E-state index is 5.94. The molecule has 4 nitrogen and oxygen atoms in total. The molecule has 2 rings (SSSR count). The first-order valence-electron chi connectivity index (χ1n) is 6.24. The monoisotopic (exact) mass is 238 g/mol. The Morgan fingerprint density at radius 3 is 2.88 bits per heavy atom. The van der Waals surface area contributed by atoms with Gasteiger partial charge in [-0.25, -0.2) is 0 Å². The molecule has 0 aromatic carbocycles. The number of likely N-dealkylation sites (N-methyl/N-ethyl adjacent to an activating group) is 1. The van der Waals surface area contributed by atoms with E-state index in [1.54, 1.807) is 12.5 Å². The van der Waals surface area contributed by atoms with Crippen molar-refractivity contribution in [3.8, 4) is 0 Å². The van der Waals surface area contributed by atoms with Crippen molar-refractivity contribution in [1.82, 2.24) is 4.90 Å². The van der Waals surface area contributed by atoms with Crippen LogP contribution in [0.2, 0.25) is 0 Å². The molecule has 0 saturated heterocycles. The molecule has 0 amide bonds. The van der Waals surface area contributed by atoms with Crippen LogP contribution >= 0.6 is 0 Å². The largest absolute Gasteiger partial charge is 0.472 e. The minimum absolute atomic E-state index is 0.108. The van der Waals surface area contributed by atoms with Gasteiger partial charge in [-0.1, -0.05) is 0 Å². The Balaban J connectivity index is 1.91. The standard InChI is InChI=1S/C13H22N2O2/c1-3-17-12-6-13(7-12,10-14)15(2)8-11-4-5-16-9-11/h4-5,9,12H,3,6-8,10,14H2,1-2H3. The molecule has 1 aromatic heterocycles. The van der Waals surface area contributed by atoms with Gasteiger partial charge in [0.2, 0.25) is 0 Å². The van der Waals surface area contributed by atoms with Crippen LogP contribution in [0.4, 0.5) is 0 Å². The number of hydrogen-bond acceptors (Lipinski definition) is 4. The molecule has 0 radical (unpaired) electrons. The van der Waals surface area contributed by atoms with E-state index in [0.29, 0.717) is 12.6 Å². The normalized spacial score (nSPS) is 28.4. The maximum atomic E-state index is 5.94. The number of furan rings is 1. The number of rotatable bonds is 6. The zero-order valence-corrected chi connectivity index (χ0v) is 10.7. The summed E-state index contributed by atoms with van der Waals surface area (Å²) in [6.45, 7) is 4.39. The van der Waals surface area contributed by atoms with E-state index in [0.717, 1.165) is 26.0 Å². The Hall–Kier alpha value is -0.840. The molecule has 1 saturated carbocycles. The summed E-state index contributed by atoms with van der Waals surface area (Å²) >= 11 is 0. The maximum Gasteiger partial charge on any atom is 0.0947 e. The average Bonchev–Trinajstić information content (AvgIpc) is 2.75. The zero-order chi connectivity index (χ0) is 12.3. The minimum atomic E-state index is 0.108. The zero-order valence-electron chi connectivity index (χ0n) is 10.7. The number of nitrogens with zero attached hydrogens (tertiary/aromatic N) is 1. The fourth-order valence-electron chi connectivity index (χ4n) is 2.60. The van der Waals surface area contributed by atoms with Crippen molar-refractivity contribution in [3.63, 3.8) is 0 Å². The van der Waals surface area contributed by atoms with Gasteiger partial charge in [0.15, 0.2) is 0 Å². The van der Waals surface area contributed by atoms with E-state index in [1.807, 2.05) is 13.0 Å². The second-order valence-electron chi connectivity index (χ2n) is 4.90. The van der Waals surface area contributed by atoms with Crippen molar-refractivity contribution in [2.24, 2.45) is 5.73 Å². The van der Waals surface area contributed by atoms with Crippen molar-refractivity contribution in [2.45, 2.75) is 38.0 Å². The first kappa shape index (κ1) is 12.6. The second kappa shape index (κ2) is 5.21. The number of nitrogens with two attached hydrogens (primary N) is 1. The van der Waals surface area contributed by atoms with Gasteiger partial charge in [0.25, 0.3) is 0 Å². The summed E-state index contributed by atoms with van der Waals surface area (Å²) in [5.41, 5.74) is 7.24. The van der Waals surface area contributed by atoms with Crippen LogP contribution < -0.4 is 5.73 Å². The van der Waals surface area contributed by atoms with Crippen LogP contribution in [0.5, 0.6) is 0 Å². The third kappa shape index (κ3) is 2.54. The molecule has 0 aliphatic heterocycles. The Kier molecular flexibility index (Phi) is 3.86. The van der Waals surface area contributed by atoms with Gasteiger partial charge in [0.1, 0.15) is 0 Å². The Bertz CT molecular complexity index is 331. The number of ether oxygens (including phenoxy) is 1. The van der Waals surface area contributed by atoms with E-state index >= 15 is 0 Å². The lowest BCUT2D eigenvalue weighted by atomic mass is 9.73. The fraction of sp³-hybridized carbons (Fsp3) is 0.692. The Labute approximate surface area is 103 Å². The van der Waals surface area contributed by atoms with Gasteiger partial charge in [-0.05, 0) is 32.9 Å². The van der Waals surface area contributed by atoms with E-state index in [4.69, 9.17) is 14.9 Å². The van der Waals surface area contributed by atoms with Gasteiger partial charge in [-0.15, -0.1) is 0 Å². The molecule has 0 atom stereocenters. The Morgan fingerprint density at radius 2 is 2.35 bits per heavy atom. The van der Waals surface area contributed by atoms with E-state index in [9.17, 15) is 0 Å². The molecule has 1 aliphatic rings. The lowest BCUT2D eigenvalue weighted by Crippen LogP contribution is -2.62. The van der Waals surface area contributed by atoms with Crippen LogP contribution in [0, 0.1) is 0 Å². The topological polar surface area (TPSA) is 51.6 Å². The SMILES string of the molecule is CCOC1CC(CN)(N(C)Cc2ccoc2)C1. The first-order valence-corrected chi connectivity index (χ1v) is 6.24. The highest BCUT2D eigenvalue weighted by Gasteiger charge is 2.46. The molecule has 1 heterocycles. The van der Waals surface area contributed by atoms with Crippen molar-refractivity contribution >= 4 is 0 Å². The summed E-state index contributed by atoms with van der Waals surface area (Å²) in [5, 5.41) is 0. The van der Waals surface area contributed by atoms with Crippen molar-refractivity contribution in [3.05, 3.63) is 24.2 Å². The van der Waals surface area contributed by atoms with Crippen LogP contribution in [0.15, 0.2) is 23.0 Å². The van der Waals surface area contributed by atoms with Crippen LogP contribution in [0.1, 0.15) is 25.3 Å². The summed E-state index contributed by atoms with van der Waals surface area (Å²) in [4.78, 5) is 2.33. The molecule has 2 N–H and O–H groups in total. The van der Waals surface area contributed by atoms with Gasteiger partial charge < -0.3 is 14.9 Å². The molecule has 0 spiro atoms. The molecule has 1 aliphatic carbocycles. The van der Waals surface area contributed by atoms with E-state index < -0.39 is 0 Å². The van der Waals surface area contributed by atoms with Crippen LogP contribution in [-0.4, -0.2) is 36.7 Å². The van der Waals surface area contributed by atoms with Crippen LogP contribution in [0.25, 0.3) is 0 Å². The third-order valence-electron chi connectivity index (χ3n) is 3.81. The highest BCUT2D eigenvalue weighted by molar-refractivity contribution is 5.09. The molecule has 1 aromatic rings. The molecule has 0 bridgehead atoms. The van der Waals surface area contributed by atoms with Crippen LogP contribution in [-0.2, 0) is 11.3 Å². The summed E-state index contributed by atoms with van der Waals surface area (Å²) in [5.74, 6) is 0. The lowest BCUT2D eigenvalue weighted by Gasteiger charge is -2.52. The molecule has 1 fully saturated rings. The van der Waals surface area contributed by atoms with Gasteiger partial charge in [-0.3, -0.25) is 4.90 Å². The van der Waals surface area contributed by atoms with Crippen molar-refractivity contribution < 1.29 is 9.15 Å². The van der Waals surface area contributed by atoms with Crippen LogP contribution in [0.3, 0.4) is 0 Å². The van der Waals surface area contributed by atoms with Gasteiger partial charge in [0, 0.05) is 30.8 Å². The van der Waals surface area contributed by atoms with Gasteiger partial charge in [0.05, 0.1) is 18.6 Å². The predicted molar refractivity (Wildman–Crippen MR) is 66.6 cm³/mol. The van der Waals surface area contributed by atoms with E-state index in [1.165, 1.54) is 5.56 Å². The highest BCUT2D eigenvalue weighted by Crippen LogP contribution is 2.39. The summed E-state index contributed by atoms with van der Waals surface area (Å²) in [6.07, 6.45) is 5.95. The molecule has 0 unspecified atom stereocenters. The molecule has 96 valence electrons. The molecular formula is C13H22N2O2. The summed E-state index contributed by atoms with van der Waals surface area (Å²) in [6, 6.07) is 2.00. The molecule has 17 heavy (non-hydrogen) atoms. The van der Waals surface area contributed by atoms with Crippen molar-refractivity contribution in [1.29, 1.82) is 0 Å². The molecular weight excluding hydrogens is 216 g/mol. The quantitative estimate of drug-likeness (QED) is 0.818. The van der Waals surface area contributed by atoms with Gasteiger partial charge >= 0.3 is 0 Å². The number of hydrogen-bond donors (Lipinski definition) is 1. The predicted octanol–water partition coefficient (Wildman–Crippen LogP) is 1.61. The van der Waals surface area contributed by atoms with Gasteiger partial charge in [-0.2, -0.15) is 0 Å². The minimum Gasteiger partial charge on any atom is -0.472 e. The van der Waals surface area contributed by atoms with Crippen molar-refractivity contribution in [2.75, 3.05) is 20.2 Å². The summed E-state index contributed by atoms with van der Waals surface area (Å²) < 4.78 is 10.7. The molecule has 4 heteroatoms. The average molecular weight is 238 g/mol. The smallest absolute Gasteiger partial charge is 0.0947 e. The van der Waals surface area contributed by atoms with E-state index in [-0.39, 0.29) is 5.54 Å². The highest BCUT2D eigenvalue weighted by atomic mass is 16.5. The summed E-state index contributed by atoms with van der Waals surface area (Å²) in [7, 11) is 2.13. The second-order valence-corrected chi connectivity index (χ2v) is 4.90. The Morgan fingerprint density at radius 1 is 1.59 bits per heavy atom. The fourth-order valence-corrected chi connectivity index (χ4v) is 2.60. The van der Waals surface area contributed by atoms with E-state index in [2.05, 4.69) is 11.9 Å². The first-order chi connectivity index (χ1) is 8.20. The lowest BCUT2D eigenvalue weighted by molar-refractivity contribution is -0.0948. The third-order valence-corrected chi connectivity index (χ3v) is 3.81.